The lowest BCUT2D eigenvalue weighted by molar-refractivity contribution is 0.0846. The molecule has 0 spiro atoms. The Hall–Kier alpha value is -3.80. The van der Waals surface area contributed by atoms with Crippen LogP contribution in [-0.4, -0.2) is 21.9 Å². The molecule has 4 rings (SSSR count). The van der Waals surface area contributed by atoms with Crippen LogP contribution >= 0.6 is 0 Å². The SMILES string of the molecule is O=C(NNC(=O)c1c[nH]c2ccccc12)c1cc2ccccc2cc1O. The zero-order valence-electron chi connectivity index (χ0n) is 13.6. The maximum atomic E-state index is 12.4. The second-order valence-corrected chi connectivity index (χ2v) is 5.87. The summed E-state index contributed by atoms with van der Waals surface area (Å²) >= 11 is 0. The Morgan fingerprint density at radius 3 is 2.19 bits per heavy atom. The van der Waals surface area contributed by atoms with Gasteiger partial charge in [0.2, 0.25) is 0 Å². The molecule has 0 aliphatic carbocycles. The number of nitrogens with one attached hydrogen (secondary N) is 3. The number of hydrogen-bond acceptors (Lipinski definition) is 3. The number of rotatable bonds is 2. The predicted octanol–water partition coefficient (Wildman–Crippen LogP) is 3.10. The van der Waals surface area contributed by atoms with Gasteiger partial charge in [0.25, 0.3) is 11.8 Å². The maximum absolute atomic E-state index is 12.4. The summed E-state index contributed by atoms with van der Waals surface area (Å²) in [7, 11) is 0. The summed E-state index contributed by atoms with van der Waals surface area (Å²) in [5, 5.41) is 12.5. The molecule has 0 atom stereocenters. The summed E-state index contributed by atoms with van der Waals surface area (Å²) in [4.78, 5) is 27.7. The topological polar surface area (TPSA) is 94.2 Å². The fourth-order valence-electron chi connectivity index (χ4n) is 2.92. The Balaban J connectivity index is 1.53. The molecule has 0 saturated carbocycles. The van der Waals surface area contributed by atoms with Crippen LogP contribution in [-0.2, 0) is 0 Å². The van der Waals surface area contributed by atoms with Crippen molar-refractivity contribution in [3.8, 4) is 5.75 Å². The van der Waals surface area contributed by atoms with Crippen molar-refractivity contribution >= 4 is 33.5 Å². The number of aromatic amines is 1. The number of phenols is 1. The molecule has 0 bridgehead atoms. The Morgan fingerprint density at radius 2 is 1.42 bits per heavy atom. The summed E-state index contributed by atoms with van der Waals surface area (Å²) in [6, 6.07) is 17.9. The van der Waals surface area contributed by atoms with Crippen molar-refractivity contribution in [3.05, 3.63) is 78.0 Å². The molecule has 2 amide bonds. The molecule has 0 fully saturated rings. The highest BCUT2D eigenvalue weighted by molar-refractivity contribution is 6.08. The molecule has 6 nitrogen and oxygen atoms in total. The molecule has 0 radical (unpaired) electrons. The number of aromatic nitrogens is 1. The molecule has 0 aliphatic heterocycles. The minimum Gasteiger partial charge on any atom is -0.507 e. The molecule has 1 aromatic heterocycles. The highest BCUT2D eigenvalue weighted by Crippen LogP contribution is 2.24. The van der Waals surface area contributed by atoms with E-state index in [0.29, 0.717) is 5.56 Å². The first kappa shape index (κ1) is 15.7. The number of amides is 2. The van der Waals surface area contributed by atoms with Crippen LogP contribution in [0.1, 0.15) is 20.7 Å². The van der Waals surface area contributed by atoms with E-state index >= 15 is 0 Å². The number of aromatic hydroxyl groups is 1. The Morgan fingerprint density at radius 1 is 0.808 bits per heavy atom. The van der Waals surface area contributed by atoms with E-state index in [1.54, 1.807) is 12.3 Å². The number of phenolic OH excluding ortho intramolecular Hbond substituents is 1. The van der Waals surface area contributed by atoms with Crippen molar-refractivity contribution in [2.24, 2.45) is 0 Å². The van der Waals surface area contributed by atoms with Gasteiger partial charge in [-0.1, -0.05) is 42.5 Å². The van der Waals surface area contributed by atoms with E-state index in [-0.39, 0.29) is 11.3 Å². The number of fused-ring (bicyclic) bond motifs is 2. The Labute approximate surface area is 148 Å². The van der Waals surface area contributed by atoms with E-state index in [1.807, 2.05) is 48.5 Å². The van der Waals surface area contributed by atoms with Crippen LogP contribution < -0.4 is 10.9 Å². The molecule has 3 aromatic carbocycles. The third-order valence-corrected chi connectivity index (χ3v) is 4.23. The van der Waals surface area contributed by atoms with Gasteiger partial charge in [-0.05, 0) is 29.0 Å². The number of benzene rings is 3. The number of carbonyl (C=O) groups excluding carboxylic acids is 2. The molecule has 0 unspecified atom stereocenters. The first-order valence-electron chi connectivity index (χ1n) is 8.02. The van der Waals surface area contributed by atoms with E-state index in [9.17, 15) is 14.7 Å². The molecule has 1 heterocycles. The smallest absolute Gasteiger partial charge is 0.273 e. The van der Waals surface area contributed by atoms with Gasteiger partial charge < -0.3 is 10.1 Å². The fourth-order valence-corrected chi connectivity index (χ4v) is 2.92. The van der Waals surface area contributed by atoms with Gasteiger partial charge in [-0.3, -0.25) is 20.4 Å². The van der Waals surface area contributed by atoms with Crippen LogP contribution in [0.15, 0.2) is 66.9 Å². The minimum atomic E-state index is -0.596. The molecule has 0 aliphatic rings. The first-order chi connectivity index (χ1) is 12.6. The second kappa shape index (κ2) is 6.25. The number of H-pyrrole nitrogens is 1. The Bertz CT molecular complexity index is 1150. The zero-order valence-corrected chi connectivity index (χ0v) is 13.6. The summed E-state index contributed by atoms with van der Waals surface area (Å²) in [6.45, 7) is 0. The van der Waals surface area contributed by atoms with Crippen molar-refractivity contribution in [2.45, 2.75) is 0 Å². The number of hydrogen-bond donors (Lipinski definition) is 4. The highest BCUT2D eigenvalue weighted by atomic mass is 16.3. The molecule has 4 aromatic rings. The van der Waals surface area contributed by atoms with E-state index in [2.05, 4.69) is 15.8 Å². The summed E-state index contributed by atoms with van der Waals surface area (Å²) in [5.74, 6) is -1.19. The lowest BCUT2D eigenvalue weighted by Gasteiger charge is -2.09. The average Bonchev–Trinajstić information content (AvgIpc) is 3.09. The number of carbonyl (C=O) groups is 2. The first-order valence-corrected chi connectivity index (χ1v) is 8.02. The average molecular weight is 345 g/mol. The summed E-state index contributed by atoms with van der Waals surface area (Å²) < 4.78 is 0. The van der Waals surface area contributed by atoms with Crippen molar-refractivity contribution in [1.29, 1.82) is 0 Å². The van der Waals surface area contributed by atoms with Crippen LogP contribution in [0.25, 0.3) is 21.7 Å². The van der Waals surface area contributed by atoms with E-state index in [1.165, 1.54) is 6.07 Å². The predicted molar refractivity (Wildman–Crippen MR) is 98.8 cm³/mol. The summed E-state index contributed by atoms with van der Waals surface area (Å²) in [5.41, 5.74) is 6.06. The van der Waals surface area contributed by atoms with Gasteiger partial charge in [-0.25, -0.2) is 0 Å². The van der Waals surface area contributed by atoms with Crippen LogP contribution in [0.5, 0.6) is 5.75 Å². The van der Waals surface area contributed by atoms with Gasteiger partial charge >= 0.3 is 0 Å². The molecule has 128 valence electrons. The molecule has 6 heteroatoms. The van der Waals surface area contributed by atoms with Crippen LogP contribution in [0.4, 0.5) is 0 Å². The highest BCUT2D eigenvalue weighted by Gasteiger charge is 2.15. The van der Waals surface area contributed by atoms with E-state index < -0.39 is 11.8 Å². The quantitative estimate of drug-likeness (QED) is 0.421. The van der Waals surface area contributed by atoms with Crippen molar-refractivity contribution < 1.29 is 14.7 Å². The standard InChI is InChI=1S/C20H15N3O3/c24-18-10-13-6-2-1-5-12(13)9-15(18)19(25)22-23-20(26)16-11-21-17-8-4-3-7-14(16)17/h1-11,21,24H,(H,22,25)(H,23,26). The molecule has 0 saturated heterocycles. The third-order valence-electron chi connectivity index (χ3n) is 4.23. The van der Waals surface area contributed by atoms with Gasteiger partial charge in [0.1, 0.15) is 5.75 Å². The van der Waals surface area contributed by atoms with Gasteiger partial charge in [-0.2, -0.15) is 0 Å². The number of hydrazine groups is 1. The van der Waals surface area contributed by atoms with Crippen LogP contribution in [0, 0.1) is 0 Å². The van der Waals surface area contributed by atoms with Gasteiger partial charge in [0, 0.05) is 17.1 Å². The molecule has 4 N–H and O–H groups in total. The second-order valence-electron chi connectivity index (χ2n) is 5.87. The van der Waals surface area contributed by atoms with Crippen LogP contribution in [0.3, 0.4) is 0 Å². The largest absolute Gasteiger partial charge is 0.507 e. The molecule has 26 heavy (non-hydrogen) atoms. The monoisotopic (exact) mass is 345 g/mol. The van der Waals surface area contributed by atoms with E-state index in [0.717, 1.165) is 21.7 Å². The summed E-state index contributed by atoms with van der Waals surface area (Å²) in [6.07, 6.45) is 1.58. The van der Waals surface area contributed by atoms with Crippen molar-refractivity contribution in [3.63, 3.8) is 0 Å². The van der Waals surface area contributed by atoms with Crippen LogP contribution in [0.2, 0.25) is 0 Å². The normalized spacial score (nSPS) is 10.8. The molecular weight excluding hydrogens is 330 g/mol. The molecular formula is C20H15N3O3. The van der Waals surface area contributed by atoms with Gasteiger partial charge in [0.15, 0.2) is 0 Å². The van der Waals surface area contributed by atoms with Crippen molar-refractivity contribution in [1.82, 2.24) is 15.8 Å². The zero-order chi connectivity index (χ0) is 18.1. The number of para-hydroxylation sites is 1. The maximum Gasteiger partial charge on any atom is 0.273 e. The fraction of sp³-hybridized carbons (Fsp3) is 0. The van der Waals surface area contributed by atoms with E-state index in [4.69, 9.17) is 0 Å². The minimum absolute atomic E-state index is 0.0860. The van der Waals surface area contributed by atoms with Crippen molar-refractivity contribution in [2.75, 3.05) is 0 Å². The van der Waals surface area contributed by atoms with Gasteiger partial charge in [-0.15, -0.1) is 0 Å². The lowest BCUT2D eigenvalue weighted by Crippen LogP contribution is -2.41. The van der Waals surface area contributed by atoms with Gasteiger partial charge in [0.05, 0.1) is 11.1 Å². The Kier molecular flexibility index (Phi) is 3.78. The lowest BCUT2D eigenvalue weighted by atomic mass is 10.1. The third kappa shape index (κ3) is 2.73.